The van der Waals surface area contributed by atoms with Crippen molar-refractivity contribution in [3.05, 3.63) is 23.8 Å². The minimum absolute atomic E-state index is 0.0142. The molecule has 1 aromatic carbocycles. The molecule has 0 atom stereocenters. The normalized spacial score (nSPS) is 10.2. The number of carbonyl (C=O) groups excluding carboxylic acids is 2. The van der Waals surface area contributed by atoms with Crippen LogP contribution in [-0.2, 0) is 14.3 Å². The van der Waals surface area contributed by atoms with Gasteiger partial charge in [0.15, 0.2) is 0 Å². The number of rotatable bonds is 7. The third-order valence-electron chi connectivity index (χ3n) is 2.90. The molecule has 116 valence electrons. The average molecular weight is 297 g/mol. The Bertz CT molecular complexity index is 482. The van der Waals surface area contributed by atoms with Gasteiger partial charge < -0.3 is 24.6 Å². The molecular formula is C14H19NO6. The summed E-state index contributed by atoms with van der Waals surface area (Å²) in [6.45, 7) is 0.587. The zero-order valence-electron chi connectivity index (χ0n) is 12.0. The molecule has 7 nitrogen and oxygen atoms in total. The van der Waals surface area contributed by atoms with Crippen molar-refractivity contribution in [2.45, 2.75) is 6.42 Å². The van der Waals surface area contributed by atoms with E-state index in [1.165, 1.54) is 37.3 Å². The molecule has 1 aromatic rings. The lowest BCUT2D eigenvalue weighted by molar-refractivity contribution is -0.140. The van der Waals surface area contributed by atoms with E-state index in [1.807, 2.05) is 0 Å². The molecule has 0 fully saturated rings. The van der Waals surface area contributed by atoms with E-state index in [1.54, 1.807) is 0 Å². The molecule has 0 spiro atoms. The predicted molar refractivity (Wildman–Crippen MR) is 74.2 cm³/mol. The zero-order chi connectivity index (χ0) is 15.8. The highest BCUT2D eigenvalue weighted by molar-refractivity contribution is 5.99. The molecule has 0 saturated heterocycles. The van der Waals surface area contributed by atoms with Crippen LogP contribution in [0.5, 0.6) is 11.5 Å². The molecule has 0 aliphatic carbocycles. The van der Waals surface area contributed by atoms with E-state index in [9.17, 15) is 19.8 Å². The van der Waals surface area contributed by atoms with Crippen LogP contribution >= 0.6 is 0 Å². The van der Waals surface area contributed by atoms with Crippen molar-refractivity contribution < 1.29 is 29.3 Å². The summed E-state index contributed by atoms with van der Waals surface area (Å²) in [5, 5.41) is 19.5. The van der Waals surface area contributed by atoms with Gasteiger partial charge in [-0.15, -0.1) is 0 Å². The number of esters is 1. The molecule has 0 bridgehead atoms. The Kier molecular flexibility index (Phi) is 6.48. The number of methoxy groups -OCH3 is 2. The first-order chi connectivity index (χ1) is 10.0. The number of nitrogens with zero attached hydrogens (tertiary/aromatic N) is 1. The van der Waals surface area contributed by atoms with E-state index < -0.39 is 11.9 Å². The molecule has 0 aliphatic rings. The summed E-state index contributed by atoms with van der Waals surface area (Å²) in [4.78, 5) is 24.9. The number of ether oxygens (including phenoxy) is 2. The van der Waals surface area contributed by atoms with Gasteiger partial charge in [0, 0.05) is 20.2 Å². The first-order valence-corrected chi connectivity index (χ1v) is 6.37. The van der Waals surface area contributed by atoms with Crippen molar-refractivity contribution >= 4 is 11.9 Å². The second-order valence-corrected chi connectivity index (χ2v) is 4.28. The lowest BCUT2D eigenvalue weighted by atomic mass is 10.1. The van der Waals surface area contributed by atoms with Gasteiger partial charge in [0.1, 0.15) is 17.1 Å². The van der Waals surface area contributed by atoms with Crippen molar-refractivity contribution in [1.82, 2.24) is 4.90 Å². The summed E-state index contributed by atoms with van der Waals surface area (Å²) in [5.41, 5.74) is -0.196. The molecular weight excluding hydrogens is 278 g/mol. The molecule has 0 heterocycles. The Morgan fingerprint density at radius 2 is 1.76 bits per heavy atom. The number of amides is 1. The number of phenols is 2. The topological polar surface area (TPSA) is 96.3 Å². The van der Waals surface area contributed by atoms with Crippen LogP contribution < -0.4 is 0 Å². The van der Waals surface area contributed by atoms with E-state index in [4.69, 9.17) is 4.74 Å². The largest absolute Gasteiger partial charge is 0.507 e. The number of phenolic OH excluding ortho intramolecular Hbond substituents is 2. The van der Waals surface area contributed by atoms with Crippen LogP contribution in [0.3, 0.4) is 0 Å². The minimum Gasteiger partial charge on any atom is -0.507 e. The molecule has 0 aromatic heterocycles. The molecule has 0 aliphatic heterocycles. The first-order valence-electron chi connectivity index (χ1n) is 6.37. The van der Waals surface area contributed by atoms with Crippen LogP contribution in [0.1, 0.15) is 16.8 Å². The highest BCUT2D eigenvalue weighted by atomic mass is 16.5. The Balaban J connectivity index is 2.91. The lowest BCUT2D eigenvalue weighted by Crippen LogP contribution is -2.36. The first kappa shape index (κ1) is 16.8. The fourth-order valence-corrected chi connectivity index (χ4v) is 1.75. The third kappa shape index (κ3) is 4.64. The van der Waals surface area contributed by atoms with Crippen molar-refractivity contribution in [2.24, 2.45) is 0 Å². The minimum atomic E-state index is -0.577. The van der Waals surface area contributed by atoms with Gasteiger partial charge in [0.2, 0.25) is 0 Å². The highest BCUT2D eigenvalue weighted by Crippen LogP contribution is 2.27. The maximum Gasteiger partial charge on any atom is 0.307 e. The number of carbonyl (C=O) groups is 2. The Hall–Kier alpha value is -2.28. The summed E-state index contributed by atoms with van der Waals surface area (Å²) in [5.74, 6) is -1.67. The van der Waals surface area contributed by atoms with Crippen molar-refractivity contribution in [3.8, 4) is 11.5 Å². The van der Waals surface area contributed by atoms with Crippen LogP contribution in [0.15, 0.2) is 18.2 Å². The number of hydrogen-bond acceptors (Lipinski definition) is 6. The Morgan fingerprint density at radius 3 is 2.29 bits per heavy atom. The van der Waals surface area contributed by atoms with Gasteiger partial charge in [-0.25, -0.2) is 0 Å². The SMILES string of the molecule is COCCN(CCC(=O)OC)C(=O)c1c(O)cccc1O. The van der Waals surface area contributed by atoms with E-state index in [0.29, 0.717) is 0 Å². The summed E-state index contributed by atoms with van der Waals surface area (Å²) >= 11 is 0. The maximum atomic E-state index is 12.4. The van der Waals surface area contributed by atoms with E-state index in [-0.39, 0.29) is 43.2 Å². The third-order valence-corrected chi connectivity index (χ3v) is 2.90. The van der Waals surface area contributed by atoms with Gasteiger partial charge in [0.25, 0.3) is 5.91 Å². The van der Waals surface area contributed by atoms with Gasteiger partial charge in [-0.2, -0.15) is 0 Å². The predicted octanol–water partition coefficient (Wildman–Crippen LogP) is 0.749. The number of aromatic hydroxyl groups is 2. The molecule has 0 unspecified atom stereocenters. The van der Waals surface area contributed by atoms with Crippen LogP contribution in [0.4, 0.5) is 0 Å². The van der Waals surface area contributed by atoms with Gasteiger partial charge in [-0.1, -0.05) is 6.07 Å². The molecule has 0 radical (unpaired) electrons. The quantitative estimate of drug-likeness (QED) is 0.721. The summed E-state index contributed by atoms with van der Waals surface area (Å²) in [6.07, 6.45) is 0.0142. The second kappa shape index (κ2) is 8.11. The standard InChI is InChI=1S/C14H19NO6/c1-20-9-8-15(7-6-12(18)21-2)14(19)13-10(16)4-3-5-11(13)17/h3-5,16-17H,6-9H2,1-2H3. The summed E-state index contributed by atoms with van der Waals surface area (Å²) in [6, 6.07) is 4.04. The Labute approximate surface area is 122 Å². The van der Waals surface area contributed by atoms with Gasteiger partial charge in [0.05, 0.1) is 20.1 Å². The van der Waals surface area contributed by atoms with Gasteiger partial charge in [-0.05, 0) is 12.1 Å². The van der Waals surface area contributed by atoms with Gasteiger partial charge in [-0.3, -0.25) is 9.59 Å². The molecule has 1 rings (SSSR count). The van der Waals surface area contributed by atoms with Gasteiger partial charge >= 0.3 is 5.97 Å². The zero-order valence-corrected chi connectivity index (χ0v) is 12.0. The van der Waals surface area contributed by atoms with Crippen LogP contribution in [0, 0.1) is 0 Å². The van der Waals surface area contributed by atoms with Crippen LogP contribution in [-0.4, -0.2) is 60.9 Å². The monoisotopic (exact) mass is 297 g/mol. The molecule has 21 heavy (non-hydrogen) atoms. The average Bonchev–Trinajstić information content (AvgIpc) is 2.46. The van der Waals surface area contributed by atoms with E-state index >= 15 is 0 Å². The van der Waals surface area contributed by atoms with E-state index in [0.717, 1.165) is 0 Å². The molecule has 0 saturated carbocycles. The van der Waals surface area contributed by atoms with Crippen LogP contribution in [0.25, 0.3) is 0 Å². The lowest BCUT2D eigenvalue weighted by Gasteiger charge is -2.22. The Morgan fingerprint density at radius 1 is 1.14 bits per heavy atom. The fraction of sp³-hybridized carbons (Fsp3) is 0.429. The molecule has 1 amide bonds. The summed E-state index contributed by atoms with van der Waals surface area (Å²) < 4.78 is 9.45. The number of hydrogen-bond donors (Lipinski definition) is 2. The smallest absolute Gasteiger partial charge is 0.307 e. The van der Waals surface area contributed by atoms with Crippen molar-refractivity contribution in [3.63, 3.8) is 0 Å². The fourth-order valence-electron chi connectivity index (χ4n) is 1.75. The second-order valence-electron chi connectivity index (χ2n) is 4.28. The van der Waals surface area contributed by atoms with E-state index in [2.05, 4.69) is 4.74 Å². The van der Waals surface area contributed by atoms with Crippen molar-refractivity contribution in [2.75, 3.05) is 33.9 Å². The van der Waals surface area contributed by atoms with Crippen LogP contribution in [0.2, 0.25) is 0 Å². The highest BCUT2D eigenvalue weighted by Gasteiger charge is 2.22. The molecule has 2 N–H and O–H groups in total. The molecule has 7 heteroatoms. The van der Waals surface area contributed by atoms with Crippen molar-refractivity contribution in [1.29, 1.82) is 0 Å². The summed E-state index contributed by atoms with van der Waals surface area (Å²) in [7, 11) is 2.75. The number of benzene rings is 1. The maximum absolute atomic E-state index is 12.4.